The van der Waals surface area contributed by atoms with E-state index in [9.17, 15) is 14.7 Å². The highest BCUT2D eigenvalue weighted by Crippen LogP contribution is 2.36. The summed E-state index contributed by atoms with van der Waals surface area (Å²) >= 11 is 3.05. The van der Waals surface area contributed by atoms with E-state index in [2.05, 4.69) is 6.92 Å². The van der Waals surface area contributed by atoms with Crippen LogP contribution < -0.4 is 0 Å². The Hall–Kier alpha value is -1.01. The van der Waals surface area contributed by atoms with Gasteiger partial charge in [-0.1, -0.05) is 20.8 Å². The Morgan fingerprint density at radius 3 is 2.62 bits per heavy atom. The third-order valence-corrected chi connectivity index (χ3v) is 6.67. The average Bonchev–Trinajstić information content (AvgIpc) is 3.01. The second-order valence-corrected chi connectivity index (χ2v) is 7.89. The topological polar surface area (TPSA) is 57.6 Å². The molecule has 0 aromatic carbocycles. The highest BCUT2D eigenvalue weighted by atomic mass is 32.2. The Bertz CT molecular complexity index is 553. The van der Waals surface area contributed by atoms with Crippen LogP contribution in [0.1, 0.15) is 40.9 Å². The fourth-order valence-corrected chi connectivity index (χ4v) is 5.12. The van der Waals surface area contributed by atoms with Gasteiger partial charge in [0.15, 0.2) is 0 Å². The predicted molar refractivity (Wildman–Crippen MR) is 87.1 cm³/mol. The van der Waals surface area contributed by atoms with Crippen molar-refractivity contribution in [1.82, 2.24) is 4.90 Å². The zero-order valence-electron chi connectivity index (χ0n) is 12.8. The van der Waals surface area contributed by atoms with E-state index in [0.717, 1.165) is 12.0 Å². The van der Waals surface area contributed by atoms with Crippen LogP contribution in [0.25, 0.3) is 0 Å². The molecule has 1 aromatic rings. The summed E-state index contributed by atoms with van der Waals surface area (Å²) in [6.45, 7) is 8.12. The first-order valence-corrected chi connectivity index (χ1v) is 8.99. The van der Waals surface area contributed by atoms with Gasteiger partial charge >= 0.3 is 5.97 Å². The zero-order valence-corrected chi connectivity index (χ0v) is 14.4. The van der Waals surface area contributed by atoms with Crippen LogP contribution in [0, 0.1) is 12.8 Å². The van der Waals surface area contributed by atoms with E-state index in [4.69, 9.17) is 0 Å². The van der Waals surface area contributed by atoms with Gasteiger partial charge in [0, 0.05) is 10.6 Å². The quantitative estimate of drug-likeness (QED) is 0.922. The molecule has 1 amide bonds. The monoisotopic (exact) mass is 327 g/mol. The van der Waals surface area contributed by atoms with Gasteiger partial charge in [-0.2, -0.15) is 0 Å². The summed E-state index contributed by atoms with van der Waals surface area (Å²) in [5.74, 6) is -0.355. The molecule has 2 heterocycles. The summed E-state index contributed by atoms with van der Waals surface area (Å²) in [6.07, 6.45) is 0.897. The van der Waals surface area contributed by atoms with Crippen LogP contribution in [0.2, 0.25) is 0 Å². The molecule has 2 unspecified atom stereocenters. The molecule has 2 rings (SSSR count). The van der Waals surface area contributed by atoms with E-state index in [1.165, 1.54) is 16.2 Å². The number of carbonyl (C=O) groups excluding carboxylic acids is 1. The van der Waals surface area contributed by atoms with Gasteiger partial charge < -0.3 is 10.0 Å². The van der Waals surface area contributed by atoms with E-state index in [1.54, 1.807) is 16.7 Å². The van der Waals surface area contributed by atoms with E-state index in [-0.39, 0.29) is 17.2 Å². The minimum absolute atomic E-state index is 0.0638. The van der Waals surface area contributed by atoms with Crippen molar-refractivity contribution in [2.75, 3.05) is 5.75 Å². The number of hydrogen-bond donors (Lipinski definition) is 1. The van der Waals surface area contributed by atoms with Crippen molar-refractivity contribution in [2.24, 2.45) is 5.92 Å². The van der Waals surface area contributed by atoms with Crippen LogP contribution >= 0.6 is 23.1 Å². The first-order chi connectivity index (χ1) is 9.86. The minimum Gasteiger partial charge on any atom is -0.480 e. The maximum atomic E-state index is 12.8. The molecule has 0 bridgehead atoms. The molecule has 1 aromatic heterocycles. The number of hydrogen-bond acceptors (Lipinski definition) is 4. The van der Waals surface area contributed by atoms with Crippen molar-refractivity contribution in [3.8, 4) is 0 Å². The van der Waals surface area contributed by atoms with Gasteiger partial charge in [-0.05, 0) is 30.9 Å². The lowest BCUT2D eigenvalue weighted by atomic mass is 10.1. The molecule has 1 aliphatic rings. The standard InChI is InChI=1S/C15H21NO3S2/c1-5-11-9(4)6-12(21-11)13(17)16-10(15(18)19)7-20-14(16)8(2)3/h6,8,10,14H,5,7H2,1-4H3,(H,18,19). The van der Waals surface area contributed by atoms with Crippen LogP contribution in [0.15, 0.2) is 6.07 Å². The second-order valence-electron chi connectivity index (χ2n) is 5.60. The Kier molecular flexibility index (Phi) is 4.99. The van der Waals surface area contributed by atoms with Gasteiger partial charge in [0.05, 0.1) is 10.3 Å². The predicted octanol–water partition coefficient (Wildman–Crippen LogP) is 3.24. The van der Waals surface area contributed by atoms with Crippen molar-refractivity contribution in [3.05, 3.63) is 21.4 Å². The molecule has 1 N–H and O–H groups in total. The highest BCUT2D eigenvalue weighted by molar-refractivity contribution is 8.00. The number of carboxylic acid groups (broad SMARTS) is 1. The molecule has 116 valence electrons. The number of thiophene rings is 1. The van der Waals surface area contributed by atoms with E-state index in [0.29, 0.717) is 10.6 Å². The summed E-state index contributed by atoms with van der Waals surface area (Å²) in [5, 5.41) is 9.32. The molecule has 4 nitrogen and oxygen atoms in total. The van der Waals surface area contributed by atoms with Crippen LogP contribution in [0.5, 0.6) is 0 Å². The normalized spacial score (nSPS) is 22.0. The first-order valence-electron chi connectivity index (χ1n) is 7.13. The van der Waals surface area contributed by atoms with Crippen molar-refractivity contribution in [2.45, 2.75) is 45.5 Å². The molecule has 2 atom stereocenters. The summed E-state index contributed by atoms with van der Waals surface area (Å²) in [6, 6.07) is 1.17. The van der Waals surface area contributed by atoms with Gasteiger partial charge in [0.25, 0.3) is 5.91 Å². The van der Waals surface area contributed by atoms with Crippen LogP contribution in [0.4, 0.5) is 0 Å². The van der Waals surface area contributed by atoms with Gasteiger partial charge in [-0.3, -0.25) is 4.79 Å². The average molecular weight is 327 g/mol. The Labute approximate surface area is 133 Å². The number of thioether (sulfide) groups is 1. The van der Waals surface area contributed by atoms with Gasteiger partial charge in [-0.25, -0.2) is 4.79 Å². The first kappa shape index (κ1) is 16.4. The molecule has 0 radical (unpaired) electrons. The third kappa shape index (κ3) is 3.11. The van der Waals surface area contributed by atoms with Crippen molar-refractivity contribution in [1.29, 1.82) is 0 Å². The molecular formula is C15H21NO3S2. The smallest absolute Gasteiger partial charge is 0.327 e. The number of aryl methyl sites for hydroxylation is 2. The largest absolute Gasteiger partial charge is 0.480 e. The summed E-state index contributed by atoms with van der Waals surface area (Å²) in [4.78, 5) is 27.7. The van der Waals surface area contributed by atoms with Crippen molar-refractivity contribution in [3.63, 3.8) is 0 Å². The summed E-state index contributed by atoms with van der Waals surface area (Å²) in [7, 11) is 0. The molecule has 1 aliphatic heterocycles. The SMILES string of the molecule is CCc1sc(C(=O)N2C(C(=O)O)CSC2C(C)C)cc1C. The molecule has 0 saturated carbocycles. The van der Waals surface area contributed by atoms with Crippen LogP contribution in [-0.2, 0) is 11.2 Å². The van der Waals surface area contributed by atoms with Gasteiger partial charge in [0.2, 0.25) is 0 Å². The molecule has 1 saturated heterocycles. The Morgan fingerprint density at radius 1 is 1.48 bits per heavy atom. The van der Waals surface area contributed by atoms with E-state index < -0.39 is 12.0 Å². The summed E-state index contributed by atoms with van der Waals surface area (Å²) < 4.78 is 0. The summed E-state index contributed by atoms with van der Waals surface area (Å²) in [5.41, 5.74) is 1.12. The Balaban J connectivity index is 2.34. The molecule has 21 heavy (non-hydrogen) atoms. The second kappa shape index (κ2) is 6.40. The molecule has 1 fully saturated rings. The van der Waals surface area contributed by atoms with Crippen molar-refractivity contribution >= 4 is 35.0 Å². The number of rotatable bonds is 4. The van der Waals surface area contributed by atoms with Crippen molar-refractivity contribution < 1.29 is 14.7 Å². The molecule has 0 aliphatic carbocycles. The third-order valence-electron chi connectivity index (χ3n) is 3.68. The zero-order chi connectivity index (χ0) is 15.7. The molecular weight excluding hydrogens is 306 g/mol. The van der Waals surface area contributed by atoms with E-state index >= 15 is 0 Å². The fourth-order valence-electron chi connectivity index (χ4n) is 2.59. The number of amides is 1. The molecule has 6 heteroatoms. The molecule has 0 spiro atoms. The lowest BCUT2D eigenvalue weighted by Crippen LogP contribution is -2.46. The lowest BCUT2D eigenvalue weighted by molar-refractivity contribution is -0.141. The van der Waals surface area contributed by atoms with Crippen LogP contribution in [0.3, 0.4) is 0 Å². The minimum atomic E-state index is -0.914. The highest BCUT2D eigenvalue weighted by Gasteiger charge is 2.43. The maximum absolute atomic E-state index is 12.8. The number of aliphatic carboxylic acids is 1. The number of carboxylic acids is 1. The maximum Gasteiger partial charge on any atom is 0.327 e. The number of carbonyl (C=O) groups is 2. The van der Waals surface area contributed by atoms with E-state index in [1.807, 2.05) is 26.8 Å². The van der Waals surface area contributed by atoms with Crippen LogP contribution in [-0.4, -0.2) is 39.1 Å². The van der Waals surface area contributed by atoms with Gasteiger partial charge in [0.1, 0.15) is 6.04 Å². The fraction of sp³-hybridized carbons (Fsp3) is 0.600. The Morgan fingerprint density at radius 2 is 2.14 bits per heavy atom. The lowest BCUT2D eigenvalue weighted by Gasteiger charge is -2.29. The van der Waals surface area contributed by atoms with Gasteiger partial charge in [-0.15, -0.1) is 23.1 Å². The number of nitrogens with zero attached hydrogens (tertiary/aromatic N) is 1.